The Kier molecular flexibility index (Phi) is 3.81. The molecule has 1 unspecified atom stereocenters. The molecule has 1 atom stereocenters. The van der Waals surface area contributed by atoms with Crippen LogP contribution in [0.15, 0.2) is 47.8 Å². The minimum Gasteiger partial charge on any atom is -0.305 e. The van der Waals surface area contributed by atoms with E-state index in [0.717, 1.165) is 17.8 Å². The van der Waals surface area contributed by atoms with E-state index in [1.54, 1.807) is 11.3 Å². The van der Waals surface area contributed by atoms with Crippen LogP contribution < -0.4 is 5.32 Å². The lowest BCUT2D eigenvalue weighted by molar-refractivity contribution is 0.584. The smallest absolute Gasteiger partial charge is 0.0708 e. The van der Waals surface area contributed by atoms with Crippen LogP contribution in [0, 0.1) is 6.92 Å². The Morgan fingerprint density at radius 3 is 2.85 bits per heavy atom. The second-order valence-electron chi connectivity index (χ2n) is 5.06. The van der Waals surface area contributed by atoms with Crippen molar-refractivity contribution in [2.45, 2.75) is 26.4 Å². The van der Waals surface area contributed by atoms with E-state index < -0.39 is 0 Å². The number of nitrogens with one attached hydrogen (secondary N) is 1. The van der Waals surface area contributed by atoms with Crippen molar-refractivity contribution >= 4 is 22.2 Å². The maximum atomic E-state index is 4.59. The molecule has 20 heavy (non-hydrogen) atoms. The van der Waals surface area contributed by atoms with Crippen molar-refractivity contribution in [3.05, 3.63) is 64.0 Å². The minimum atomic E-state index is 0.377. The monoisotopic (exact) mass is 282 g/mol. The van der Waals surface area contributed by atoms with E-state index in [0.29, 0.717) is 6.04 Å². The van der Waals surface area contributed by atoms with E-state index in [-0.39, 0.29) is 0 Å². The van der Waals surface area contributed by atoms with Crippen molar-refractivity contribution < 1.29 is 0 Å². The average Bonchev–Trinajstić information content (AvgIpc) is 2.98. The Bertz CT molecular complexity index is 704. The topological polar surface area (TPSA) is 24.9 Å². The Balaban J connectivity index is 1.84. The summed E-state index contributed by atoms with van der Waals surface area (Å²) in [5.41, 5.74) is 3.47. The predicted octanol–water partition coefficient (Wildman–Crippen LogP) is 4.46. The van der Waals surface area contributed by atoms with Gasteiger partial charge in [0.05, 0.1) is 5.52 Å². The summed E-state index contributed by atoms with van der Waals surface area (Å²) in [6.45, 7) is 5.13. The van der Waals surface area contributed by atoms with Gasteiger partial charge in [-0.3, -0.25) is 4.98 Å². The maximum absolute atomic E-state index is 4.59. The summed E-state index contributed by atoms with van der Waals surface area (Å²) < 4.78 is 0. The van der Waals surface area contributed by atoms with Gasteiger partial charge in [0.2, 0.25) is 0 Å². The molecule has 2 nitrogen and oxygen atoms in total. The Labute approximate surface area is 123 Å². The molecule has 0 fully saturated rings. The third kappa shape index (κ3) is 2.74. The molecule has 102 valence electrons. The van der Waals surface area contributed by atoms with Gasteiger partial charge in [-0.15, -0.1) is 11.3 Å². The highest BCUT2D eigenvalue weighted by molar-refractivity contribution is 7.10. The van der Waals surface area contributed by atoms with Gasteiger partial charge in [0, 0.05) is 28.5 Å². The molecule has 0 bridgehead atoms. The van der Waals surface area contributed by atoms with E-state index in [1.165, 1.54) is 15.8 Å². The van der Waals surface area contributed by atoms with Gasteiger partial charge in [-0.1, -0.05) is 24.3 Å². The van der Waals surface area contributed by atoms with Gasteiger partial charge in [-0.05, 0) is 43.0 Å². The summed E-state index contributed by atoms with van der Waals surface area (Å²) in [6.07, 6.45) is 0. The fourth-order valence-corrected chi connectivity index (χ4v) is 3.20. The van der Waals surface area contributed by atoms with Crippen LogP contribution in [-0.2, 0) is 6.54 Å². The third-order valence-corrected chi connectivity index (χ3v) is 4.55. The van der Waals surface area contributed by atoms with E-state index in [9.17, 15) is 0 Å². The quantitative estimate of drug-likeness (QED) is 0.764. The number of rotatable bonds is 4. The van der Waals surface area contributed by atoms with Crippen LogP contribution in [0.4, 0.5) is 0 Å². The van der Waals surface area contributed by atoms with Gasteiger partial charge in [0.15, 0.2) is 0 Å². The first kappa shape index (κ1) is 13.3. The summed E-state index contributed by atoms with van der Waals surface area (Å²) >= 11 is 1.80. The van der Waals surface area contributed by atoms with Crippen LogP contribution >= 0.6 is 11.3 Å². The highest BCUT2D eigenvalue weighted by atomic mass is 32.1. The molecule has 0 aliphatic rings. The van der Waals surface area contributed by atoms with Crippen molar-refractivity contribution in [3.63, 3.8) is 0 Å². The molecular weight excluding hydrogens is 264 g/mol. The minimum absolute atomic E-state index is 0.377. The lowest BCUT2D eigenvalue weighted by atomic mass is 10.1. The molecule has 1 aromatic carbocycles. The zero-order chi connectivity index (χ0) is 13.9. The van der Waals surface area contributed by atoms with Crippen molar-refractivity contribution in [2.24, 2.45) is 0 Å². The molecule has 0 aliphatic heterocycles. The van der Waals surface area contributed by atoms with Crippen LogP contribution in [-0.4, -0.2) is 4.98 Å². The SMILES string of the molecule is Cc1cc(CNC(C)c2cccs2)c2ccccc2n1. The first-order valence-corrected chi connectivity index (χ1v) is 7.74. The number of pyridine rings is 1. The number of hydrogen-bond acceptors (Lipinski definition) is 3. The molecule has 0 amide bonds. The zero-order valence-corrected chi connectivity index (χ0v) is 12.6. The molecular formula is C17H18N2S. The van der Waals surface area contributed by atoms with Crippen molar-refractivity contribution in [3.8, 4) is 0 Å². The molecule has 2 heterocycles. The summed E-state index contributed by atoms with van der Waals surface area (Å²) in [5, 5.41) is 6.97. The van der Waals surface area contributed by atoms with Gasteiger partial charge >= 0.3 is 0 Å². The number of para-hydroxylation sites is 1. The first-order chi connectivity index (χ1) is 9.74. The Hall–Kier alpha value is -1.71. The molecule has 0 saturated heterocycles. The Morgan fingerprint density at radius 2 is 2.05 bits per heavy atom. The summed E-state index contributed by atoms with van der Waals surface area (Å²) in [4.78, 5) is 5.96. The highest BCUT2D eigenvalue weighted by Crippen LogP contribution is 2.21. The van der Waals surface area contributed by atoms with E-state index in [1.807, 2.05) is 6.07 Å². The molecule has 1 N–H and O–H groups in total. The molecule has 3 aromatic rings. The van der Waals surface area contributed by atoms with Gasteiger partial charge < -0.3 is 5.32 Å². The molecule has 3 rings (SSSR count). The molecule has 2 aromatic heterocycles. The maximum Gasteiger partial charge on any atom is 0.0708 e. The van der Waals surface area contributed by atoms with Gasteiger partial charge in [-0.2, -0.15) is 0 Å². The van der Waals surface area contributed by atoms with Crippen LogP contribution in [0.25, 0.3) is 10.9 Å². The summed E-state index contributed by atoms with van der Waals surface area (Å²) in [5.74, 6) is 0. The second kappa shape index (κ2) is 5.73. The highest BCUT2D eigenvalue weighted by Gasteiger charge is 2.08. The number of benzene rings is 1. The van der Waals surface area contributed by atoms with Gasteiger partial charge in [-0.25, -0.2) is 0 Å². The lowest BCUT2D eigenvalue weighted by Gasteiger charge is -2.14. The molecule has 3 heteroatoms. The number of hydrogen-bond donors (Lipinski definition) is 1. The van der Waals surface area contributed by atoms with Crippen molar-refractivity contribution in [2.75, 3.05) is 0 Å². The molecule has 0 aliphatic carbocycles. The number of nitrogens with zero attached hydrogens (tertiary/aromatic N) is 1. The molecule has 0 saturated carbocycles. The molecule has 0 spiro atoms. The third-order valence-electron chi connectivity index (χ3n) is 3.50. The fraction of sp³-hybridized carbons (Fsp3) is 0.235. The normalized spacial score (nSPS) is 12.7. The van der Waals surface area contributed by atoms with Crippen molar-refractivity contribution in [1.29, 1.82) is 0 Å². The van der Waals surface area contributed by atoms with Crippen LogP contribution in [0.5, 0.6) is 0 Å². The average molecular weight is 282 g/mol. The zero-order valence-electron chi connectivity index (χ0n) is 11.8. The number of aromatic nitrogens is 1. The number of thiophene rings is 1. The fourth-order valence-electron chi connectivity index (χ4n) is 2.44. The predicted molar refractivity (Wildman–Crippen MR) is 86.1 cm³/mol. The summed E-state index contributed by atoms with van der Waals surface area (Å²) in [7, 11) is 0. The lowest BCUT2D eigenvalue weighted by Crippen LogP contribution is -2.17. The van der Waals surface area contributed by atoms with Crippen LogP contribution in [0.2, 0.25) is 0 Å². The number of aryl methyl sites for hydroxylation is 1. The molecule has 0 radical (unpaired) electrons. The van der Waals surface area contributed by atoms with Crippen LogP contribution in [0.1, 0.15) is 29.1 Å². The van der Waals surface area contributed by atoms with E-state index >= 15 is 0 Å². The van der Waals surface area contributed by atoms with E-state index in [4.69, 9.17) is 0 Å². The van der Waals surface area contributed by atoms with Gasteiger partial charge in [0.25, 0.3) is 0 Å². The van der Waals surface area contributed by atoms with Gasteiger partial charge in [0.1, 0.15) is 0 Å². The second-order valence-corrected chi connectivity index (χ2v) is 6.04. The van der Waals surface area contributed by atoms with Crippen LogP contribution in [0.3, 0.4) is 0 Å². The largest absolute Gasteiger partial charge is 0.305 e. The first-order valence-electron chi connectivity index (χ1n) is 6.86. The Morgan fingerprint density at radius 1 is 1.20 bits per heavy atom. The van der Waals surface area contributed by atoms with Crippen molar-refractivity contribution in [1.82, 2.24) is 10.3 Å². The number of fused-ring (bicyclic) bond motifs is 1. The summed E-state index contributed by atoms with van der Waals surface area (Å²) in [6, 6.07) is 15.2. The van der Waals surface area contributed by atoms with E-state index in [2.05, 4.69) is 65.9 Å². The standard InChI is InChI=1S/C17H18N2S/c1-12-10-14(15-6-3-4-7-16(15)19-12)11-18-13(2)17-8-5-9-20-17/h3-10,13,18H,11H2,1-2H3.